The highest BCUT2D eigenvalue weighted by molar-refractivity contribution is 6.14. The van der Waals surface area contributed by atoms with Gasteiger partial charge in [0.1, 0.15) is 5.69 Å². The van der Waals surface area contributed by atoms with Crippen molar-refractivity contribution >= 4 is 16.8 Å². The van der Waals surface area contributed by atoms with E-state index in [0.717, 1.165) is 5.56 Å². The number of ketones is 1. The lowest BCUT2D eigenvalue weighted by atomic mass is 10.1. The van der Waals surface area contributed by atoms with Crippen molar-refractivity contribution in [1.29, 1.82) is 0 Å². The molecule has 0 aliphatic rings. The van der Waals surface area contributed by atoms with Gasteiger partial charge in [-0.25, -0.2) is 9.97 Å². The summed E-state index contributed by atoms with van der Waals surface area (Å²) in [6, 6.07) is 18.8. The van der Waals surface area contributed by atoms with Crippen LogP contribution in [0.2, 0.25) is 0 Å². The molecule has 2 aromatic heterocycles. The molecule has 4 aromatic rings. The van der Waals surface area contributed by atoms with Gasteiger partial charge in [0.2, 0.25) is 5.78 Å². The lowest BCUT2D eigenvalue weighted by molar-refractivity contribution is 0.103. The Morgan fingerprint density at radius 3 is 2.29 bits per heavy atom. The van der Waals surface area contributed by atoms with Gasteiger partial charge in [0.15, 0.2) is 11.5 Å². The van der Waals surface area contributed by atoms with Gasteiger partial charge in [-0.1, -0.05) is 60.7 Å². The Bertz CT molecular complexity index is 1020. The van der Waals surface area contributed by atoms with Crippen molar-refractivity contribution in [3.8, 4) is 11.4 Å². The van der Waals surface area contributed by atoms with Crippen molar-refractivity contribution in [2.75, 3.05) is 0 Å². The van der Waals surface area contributed by atoms with Crippen LogP contribution in [0.1, 0.15) is 16.1 Å². The van der Waals surface area contributed by atoms with Crippen LogP contribution in [-0.2, 0) is 7.05 Å². The van der Waals surface area contributed by atoms with E-state index in [9.17, 15) is 4.79 Å². The first-order valence-corrected chi connectivity index (χ1v) is 7.59. The third kappa shape index (κ3) is 2.36. The van der Waals surface area contributed by atoms with Crippen LogP contribution >= 0.6 is 0 Å². The summed E-state index contributed by atoms with van der Waals surface area (Å²) in [5, 5.41) is 4.89. The molecule has 0 amide bonds. The van der Waals surface area contributed by atoms with E-state index in [1.54, 1.807) is 30.1 Å². The summed E-state index contributed by atoms with van der Waals surface area (Å²) < 4.78 is 1.66. The first-order valence-electron chi connectivity index (χ1n) is 7.59. The van der Waals surface area contributed by atoms with E-state index in [2.05, 4.69) is 15.1 Å². The molecular formula is C19H14N4O. The number of benzene rings is 2. The molecule has 2 heterocycles. The largest absolute Gasteiger partial charge is 0.287 e. The van der Waals surface area contributed by atoms with Gasteiger partial charge in [0, 0.05) is 18.2 Å². The Hall–Kier alpha value is -3.34. The summed E-state index contributed by atoms with van der Waals surface area (Å²) in [6.45, 7) is 0. The molecule has 24 heavy (non-hydrogen) atoms. The predicted octanol–water partition coefficient (Wildman–Crippen LogP) is 3.26. The first-order chi connectivity index (χ1) is 11.7. The van der Waals surface area contributed by atoms with Crippen LogP contribution in [0.15, 0.2) is 66.9 Å². The molecule has 2 aromatic carbocycles. The standard InChI is InChI=1S/C19H14N4O/c1-23-19-15(12-20-23)16(17(24)13-8-4-2-5-9-13)21-18(22-19)14-10-6-3-7-11-14/h2-12H,1H3. The molecule has 5 heteroatoms. The fourth-order valence-corrected chi connectivity index (χ4v) is 2.64. The molecule has 0 atom stereocenters. The Kier molecular flexibility index (Phi) is 3.39. The summed E-state index contributed by atoms with van der Waals surface area (Å²) in [7, 11) is 1.81. The highest BCUT2D eigenvalue weighted by Crippen LogP contribution is 2.23. The van der Waals surface area contributed by atoms with Crippen molar-refractivity contribution in [2.45, 2.75) is 0 Å². The molecule has 0 bridgehead atoms. The van der Waals surface area contributed by atoms with Crippen LogP contribution in [0, 0.1) is 0 Å². The zero-order valence-corrected chi connectivity index (χ0v) is 13.0. The number of hydrogen-bond donors (Lipinski definition) is 0. The molecule has 4 rings (SSSR count). The summed E-state index contributed by atoms with van der Waals surface area (Å²) in [4.78, 5) is 22.1. The minimum Gasteiger partial charge on any atom is -0.287 e. The number of aromatic nitrogens is 4. The average Bonchev–Trinajstić information content (AvgIpc) is 3.03. The van der Waals surface area contributed by atoms with E-state index in [-0.39, 0.29) is 5.78 Å². The molecule has 116 valence electrons. The maximum absolute atomic E-state index is 12.9. The number of fused-ring (bicyclic) bond motifs is 1. The van der Waals surface area contributed by atoms with Gasteiger partial charge in [-0.3, -0.25) is 9.48 Å². The molecule has 0 N–H and O–H groups in total. The van der Waals surface area contributed by atoms with Crippen molar-refractivity contribution in [3.05, 3.63) is 78.1 Å². The molecule has 0 radical (unpaired) electrons. The third-order valence-electron chi connectivity index (χ3n) is 3.88. The lowest BCUT2D eigenvalue weighted by Crippen LogP contribution is -2.07. The smallest absolute Gasteiger partial charge is 0.212 e. The van der Waals surface area contributed by atoms with E-state index in [1.807, 2.05) is 48.5 Å². The summed E-state index contributed by atoms with van der Waals surface area (Å²) in [5.74, 6) is 0.388. The van der Waals surface area contributed by atoms with Gasteiger partial charge < -0.3 is 0 Å². The van der Waals surface area contributed by atoms with Gasteiger partial charge >= 0.3 is 0 Å². The van der Waals surface area contributed by atoms with Gasteiger partial charge in [-0.2, -0.15) is 5.10 Å². The topological polar surface area (TPSA) is 60.7 Å². The van der Waals surface area contributed by atoms with Crippen LogP contribution in [0.3, 0.4) is 0 Å². The van der Waals surface area contributed by atoms with E-state index in [1.165, 1.54) is 0 Å². The number of aryl methyl sites for hydroxylation is 1. The fourth-order valence-electron chi connectivity index (χ4n) is 2.64. The number of carbonyl (C=O) groups excluding carboxylic acids is 1. The fraction of sp³-hybridized carbons (Fsp3) is 0.0526. The minimum atomic E-state index is -0.131. The second kappa shape index (κ2) is 5.70. The normalized spacial score (nSPS) is 10.9. The van der Waals surface area contributed by atoms with Gasteiger partial charge in [0.25, 0.3) is 0 Å². The lowest BCUT2D eigenvalue weighted by Gasteiger charge is -2.06. The number of nitrogens with zero attached hydrogens (tertiary/aromatic N) is 4. The second-order valence-electron chi connectivity index (χ2n) is 5.46. The van der Waals surface area contributed by atoms with Gasteiger partial charge in [0.05, 0.1) is 11.6 Å². The minimum absolute atomic E-state index is 0.131. The highest BCUT2D eigenvalue weighted by Gasteiger charge is 2.19. The van der Waals surface area contributed by atoms with E-state index >= 15 is 0 Å². The van der Waals surface area contributed by atoms with Crippen molar-refractivity contribution in [2.24, 2.45) is 7.05 Å². The molecule has 0 aliphatic carbocycles. The molecule has 0 saturated heterocycles. The molecule has 5 nitrogen and oxygen atoms in total. The van der Waals surface area contributed by atoms with E-state index < -0.39 is 0 Å². The number of carbonyl (C=O) groups is 1. The Morgan fingerprint density at radius 1 is 0.917 bits per heavy atom. The Balaban J connectivity index is 1.96. The summed E-state index contributed by atoms with van der Waals surface area (Å²) in [5.41, 5.74) is 2.48. The Labute approximate surface area is 138 Å². The average molecular weight is 314 g/mol. The molecule has 0 saturated carbocycles. The van der Waals surface area contributed by atoms with Crippen molar-refractivity contribution in [3.63, 3.8) is 0 Å². The second-order valence-corrected chi connectivity index (χ2v) is 5.46. The van der Waals surface area contributed by atoms with Crippen LogP contribution < -0.4 is 0 Å². The van der Waals surface area contributed by atoms with E-state index in [0.29, 0.717) is 28.1 Å². The summed E-state index contributed by atoms with van der Waals surface area (Å²) >= 11 is 0. The van der Waals surface area contributed by atoms with Crippen LogP contribution in [-0.4, -0.2) is 25.5 Å². The number of hydrogen-bond acceptors (Lipinski definition) is 4. The number of rotatable bonds is 3. The molecule has 0 fully saturated rings. The maximum atomic E-state index is 12.9. The zero-order valence-electron chi connectivity index (χ0n) is 13.0. The highest BCUT2D eigenvalue weighted by atomic mass is 16.1. The summed E-state index contributed by atoms with van der Waals surface area (Å²) in [6.07, 6.45) is 1.64. The van der Waals surface area contributed by atoms with Crippen LogP contribution in [0.4, 0.5) is 0 Å². The van der Waals surface area contributed by atoms with Gasteiger partial charge in [-0.15, -0.1) is 0 Å². The monoisotopic (exact) mass is 314 g/mol. The maximum Gasteiger partial charge on any atom is 0.212 e. The predicted molar refractivity (Wildman–Crippen MR) is 91.6 cm³/mol. The van der Waals surface area contributed by atoms with Gasteiger partial charge in [-0.05, 0) is 0 Å². The van der Waals surface area contributed by atoms with Crippen molar-refractivity contribution in [1.82, 2.24) is 19.7 Å². The zero-order chi connectivity index (χ0) is 16.5. The first kappa shape index (κ1) is 14.3. The quantitative estimate of drug-likeness (QED) is 0.545. The van der Waals surface area contributed by atoms with Crippen LogP contribution in [0.25, 0.3) is 22.4 Å². The SMILES string of the molecule is Cn1ncc2c(C(=O)c3ccccc3)nc(-c3ccccc3)nc21. The Morgan fingerprint density at radius 2 is 1.58 bits per heavy atom. The molecular weight excluding hydrogens is 300 g/mol. The molecule has 0 aliphatic heterocycles. The van der Waals surface area contributed by atoms with Crippen LogP contribution in [0.5, 0.6) is 0 Å². The van der Waals surface area contributed by atoms with E-state index in [4.69, 9.17) is 0 Å². The molecule has 0 spiro atoms. The third-order valence-corrected chi connectivity index (χ3v) is 3.88. The molecule has 0 unspecified atom stereocenters. The van der Waals surface area contributed by atoms with Crippen molar-refractivity contribution < 1.29 is 4.79 Å².